The summed E-state index contributed by atoms with van der Waals surface area (Å²) >= 11 is 0. The van der Waals surface area contributed by atoms with Crippen LogP contribution in [0.2, 0.25) is 0 Å². The summed E-state index contributed by atoms with van der Waals surface area (Å²) < 4.78 is 41.2. The van der Waals surface area contributed by atoms with E-state index in [9.17, 15) is 23.2 Å². The third-order valence-electron chi connectivity index (χ3n) is 3.09. The number of nitrogens with zero attached hydrogens (tertiary/aromatic N) is 1. The number of ether oxygens (including phenoxy) is 1. The molecule has 128 valence electrons. The van der Waals surface area contributed by atoms with Crippen LogP contribution in [0.15, 0.2) is 54.1 Å². The van der Waals surface area contributed by atoms with Gasteiger partial charge in [-0.3, -0.25) is 4.79 Å². The maximum Gasteiger partial charge on any atom is 0.573 e. The van der Waals surface area contributed by atoms with Crippen molar-refractivity contribution in [3.63, 3.8) is 0 Å². The zero-order valence-corrected chi connectivity index (χ0v) is 13.1. The van der Waals surface area contributed by atoms with Gasteiger partial charge in [0.15, 0.2) is 0 Å². The van der Waals surface area contributed by atoms with Gasteiger partial charge in [0.05, 0.1) is 0 Å². The summed E-state index contributed by atoms with van der Waals surface area (Å²) in [5.41, 5.74) is 1.01. The van der Waals surface area contributed by atoms with Crippen LogP contribution in [0.3, 0.4) is 0 Å². The molecule has 0 atom stereocenters. The molecule has 2 aromatic carbocycles. The number of para-hydroxylation sites is 1. The SMILES string of the molecule is Cc1cccc(NC(=O)/C(C#N)=C/c2ccccc2OC(F)(F)F)c1. The molecule has 25 heavy (non-hydrogen) atoms. The Labute approximate surface area is 142 Å². The van der Waals surface area contributed by atoms with Crippen molar-refractivity contribution < 1.29 is 22.7 Å². The second-order valence-corrected chi connectivity index (χ2v) is 5.08. The first-order valence-electron chi connectivity index (χ1n) is 7.13. The van der Waals surface area contributed by atoms with Gasteiger partial charge in [-0.1, -0.05) is 30.3 Å². The van der Waals surface area contributed by atoms with Gasteiger partial charge in [0, 0.05) is 11.3 Å². The predicted molar refractivity (Wildman–Crippen MR) is 86.5 cm³/mol. The van der Waals surface area contributed by atoms with Crippen molar-refractivity contribution in [3.8, 4) is 11.8 Å². The van der Waals surface area contributed by atoms with Crippen molar-refractivity contribution in [3.05, 3.63) is 65.2 Å². The first-order chi connectivity index (χ1) is 11.8. The van der Waals surface area contributed by atoms with Gasteiger partial charge in [-0.05, 0) is 36.8 Å². The zero-order chi connectivity index (χ0) is 18.4. The zero-order valence-electron chi connectivity index (χ0n) is 13.1. The highest BCUT2D eigenvalue weighted by atomic mass is 19.4. The summed E-state index contributed by atoms with van der Waals surface area (Å²) in [7, 11) is 0. The van der Waals surface area contributed by atoms with Crippen molar-refractivity contribution in [2.24, 2.45) is 0 Å². The van der Waals surface area contributed by atoms with Gasteiger partial charge < -0.3 is 10.1 Å². The molecule has 0 radical (unpaired) electrons. The monoisotopic (exact) mass is 346 g/mol. The lowest BCUT2D eigenvalue weighted by atomic mass is 10.1. The van der Waals surface area contributed by atoms with E-state index in [1.165, 1.54) is 18.2 Å². The number of anilines is 1. The topological polar surface area (TPSA) is 62.1 Å². The highest BCUT2D eigenvalue weighted by Gasteiger charge is 2.31. The van der Waals surface area contributed by atoms with Crippen LogP contribution in [0, 0.1) is 18.3 Å². The average molecular weight is 346 g/mol. The van der Waals surface area contributed by atoms with Crippen LogP contribution in [0.25, 0.3) is 6.08 Å². The second kappa shape index (κ2) is 7.53. The maximum atomic E-state index is 12.4. The van der Waals surface area contributed by atoms with Gasteiger partial charge in [0.1, 0.15) is 17.4 Å². The molecule has 0 fully saturated rings. The van der Waals surface area contributed by atoms with Crippen LogP contribution < -0.4 is 10.1 Å². The molecule has 7 heteroatoms. The highest BCUT2D eigenvalue weighted by molar-refractivity contribution is 6.09. The Morgan fingerprint density at radius 2 is 1.92 bits per heavy atom. The lowest BCUT2D eigenvalue weighted by Gasteiger charge is -2.11. The van der Waals surface area contributed by atoms with Gasteiger partial charge in [-0.2, -0.15) is 5.26 Å². The molecule has 0 spiro atoms. The summed E-state index contributed by atoms with van der Waals surface area (Å²) in [5, 5.41) is 11.7. The Hall–Kier alpha value is -3.27. The number of amides is 1. The molecular formula is C18H13F3N2O2. The summed E-state index contributed by atoms with van der Waals surface area (Å²) in [5.74, 6) is -1.22. The molecule has 1 N–H and O–H groups in total. The van der Waals surface area contributed by atoms with Crippen molar-refractivity contribution >= 4 is 17.7 Å². The molecule has 2 rings (SSSR count). The molecule has 0 heterocycles. The van der Waals surface area contributed by atoms with E-state index < -0.39 is 18.0 Å². The third-order valence-corrected chi connectivity index (χ3v) is 3.09. The van der Waals surface area contributed by atoms with E-state index in [1.54, 1.807) is 24.3 Å². The minimum Gasteiger partial charge on any atom is -0.405 e. The van der Waals surface area contributed by atoms with Crippen molar-refractivity contribution in [2.45, 2.75) is 13.3 Å². The van der Waals surface area contributed by atoms with Crippen molar-refractivity contribution in [1.82, 2.24) is 0 Å². The standard InChI is InChI=1S/C18H13F3N2O2/c1-12-5-4-7-15(9-12)23-17(24)14(11-22)10-13-6-2-3-8-16(13)25-18(19,20)21/h2-10H,1H3,(H,23,24)/b14-10+. The fourth-order valence-electron chi connectivity index (χ4n) is 2.04. The molecular weight excluding hydrogens is 333 g/mol. The lowest BCUT2D eigenvalue weighted by Crippen LogP contribution is -2.18. The molecule has 0 aromatic heterocycles. The number of hydrogen-bond acceptors (Lipinski definition) is 3. The minimum atomic E-state index is -4.87. The normalized spacial score (nSPS) is 11.6. The minimum absolute atomic E-state index is 0.0317. The Morgan fingerprint density at radius 3 is 2.56 bits per heavy atom. The summed E-state index contributed by atoms with van der Waals surface area (Å²) in [6.07, 6.45) is -3.83. The van der Waals surface area contributed by atoms with E-state index in [2.05, 4.69) is 10.1 Å². The van der Waals surface area contributed by atoms with Crippen molar-refractivity contribution in [1.29, 1.82) is 5.26 Å². The van der Waals surface area contributed by atoms with Crippen LogP contribution in [0.5, 0.6) is 5.75 Å². The molecule has 0 bridgehead atoms. The van der Waals surface area contributed by atoms with Crippen LogP contribution in [-0.4, -0.2) is 12.3 Å². The second-order valence-electron chi connectivity index (χ2n) is 5.08. The lowest BCUT2D eigenvalue weighted by molar-refractivity contribution is -0.274. The first kappa shape index (κ1) is 18.1. The quantitative estimate of drug-likeness (QED) is 0.658. The predicted octanol–water partition coefficient (Wildman–Crippen LogP) is 4.44. The van der Waals surface area contributed by atoms with E-state index in [1.807, 2.05) is 13.0 Å². The molecule has 0 saturated carbocycles. The average Bonchev–Trinajstić information content (AvgIpc) is 2.52. The number of hydrogen-bond donors (Lipinski definition) is 1. The van der Waals surface area contributed by atoms with Gasteiger partial charge in [0.2, 0.25) is 0 Å². The number of nitriles is 1. The molecule has 0 aliphatic heterocycles. The molecule has 0 aliphatic carbocycles. The third kappa shape index (κ3) is 5.39. The van der Waals surface area contributed by atoms with E-state index in [4.69, 9.17) is 0 Å². The van der Waals surface area contributed by atoms with E-state index >= 15 is 0 Å². The summed E-state index contributed by atoms with van der Waals surface area (Å²) in [6.45, 7) is 1.83. The summed E-state index contributed by atoms with van der Waals surface area (Å²) in [4.78, 5) is 12.2. The fourth-order valence-corrected chi connectivity index (χ4v) is 2.04. The van der Waals surface area contributed by atoms with Crippen LogP contribution >= 0.6 is 0 Å². The molecule has 0 saturated heterocycles. The highest BCUT2D eigenvalue weighted by Crippen LogP contribution is 2.27. The van der Waals surface area contributed by atoms with Gasteiger partial charge >= 0.3 is 6.36 Å². The van der Waals surface area contributed by atoms with E-state index in [0.717, 1.165) is 17.7 Å². The number of nitrogens with one attached hydrogen (secondary N) is 1. The molecule has 2 aromatic rings. The maximum absolute atomic E-state index is 12.4. The van der Waals surface area contributed by atoms with Crippen molar-refractivity contribution in [2.75, 3.05) is 5.32 Å². The molecule has 1 amide bonds. The number of halogens is 3. The smallest absolute Gasteiger partial charge is 0.405 e. The van der Waals surface area contributed by atoms with E-state index in [-0.39, 0.29) is 11.1 Å². The van der Waals surface area contributed by atoms with Gasteiger partial charge in [-0.15, -0.1) is 13.2 Å². The van der Waals surface area contributed by atoms with Gasteiger partial charge in [-0.25, -0.2) is 0 Å². The fraction of sp³-hybridized carbons (Fsp3) is 0.111. The number of aryl methyl sites for hydroxylation is 1. The number of carbonyl (C=O) groups is 1. The Balaban J connectivity index is 2.28. The number of benzene rings is 2. The number of rotatable bonds is 4. The Kier molecular flexibility index (Phi) is 5.45. The molecule has 4 nitrogen and oxygen atoms in total. The number of carbonyl (C=O) groups excluding carboxylic acids is 1. The van der Waals surface area contributed by atoms with Crippen LogP contribution in [-0.2, 0) is 4.79 Å². The number of alkyl halides is 3. The van der Waals surface area contributed by atoms with Crippen LogP contribution in [0.1, 0.15) is 11.1 Å². The van der Waals surface area contributed by atoms with Gasteiger partial charge in [0.25, 0.3) is 5.91 Å². The Bertz CT molecular complexity index is 852. The molecule has 0 unspecified atom stereocenters. The Morgan fingerprint density at radius 1 is 1.20 bits per heavy atom. The largest absolute Gasteiger partial charge is 0.573 e. The van der Waals surface area contributed by atoms with E-state index in [0.29, 0.717) is 5.69 Å². The van der Waals surface area contributed by atoms with Crippen LogP contribution in [0.4, 0.5) is 18.9 Å². The molecule has 0 aliphatic rings. The first-order valence-corrected chi connectivity index (χ1v) is 7.13. The summed E-state index contributed by atoms with van der Waals surface area (Å²) in [6, 6.07) is 13.8.